The van der Waals surface area contributed by atoms with E-state index in [-0.39, 0.29) is 18.6 Å². The minimum absolute atomic E-state index is 0.00778. The standard InChI is InChI=1S/C15H19ClINO3/c1-21-14-8-13(17)12(16)7-11(14)15(20)18-6-4-2-3-5-10(18)9-19/h7-8,10,19H,2-6,9H2,1H3. The van der Waals surface area contributed by atoms with Gasteiger partial charge in [-0.2, -0.15) is 0 Å². The Hall–Kier alpha value is -0.530. The molecule has 1 fully saturated rings. The van der Waals surface area contributed by atoms with Gasteiger partial charge in [-0.1, -0.05) is 24.4 Å². The third-order valence-electron chi connectivity index (χ3n) is 3.82. The Kier molecular flexibility index (Phi) is 6.13. The van der Waals surface area contributed by atoms with Crippen LogP contribution in [-0.2, 0) is 0 Å². The Morgan fingerprint density at radius 1 is 1.48 bits per heavy atom. The summed E-state index contributed by atoms with van der Waals surface area (Å²) in [6.45, 7) is 0.656. The number of aliphatic hydroxyl groups is 1. The molecular weight excluding hydrogens is 405 g/mol. The van der Waals surface area contributed by atoms with Crippen molar-refractivity contribution in [2.45, 2.75) is 31.7 Å². The largest absolute Gasteiger partial charge is 0.496 e. The number of likely N-dealkylation sites (tertiary alicyclic amines) is 1. The number of hydrogen-bond donors (Lipinski definition) is 1. The maximum absolute atomic E-state index is 12.8. The van der Waals surface area contributed by atoms with Crippen LogP contribution in [0.15, 0.2) is 12.1 Å². The molecule has 21 heavy (non-hydrogen) atoms. The van der Waals surface area contributed by atoms with Crippen LogP contribution in [0.25, 0.3) is 0 Å². The Morgan fingerprint density at radius 3 is 2.90 bits per heavy atom. The third kappa shape index (κ3) is 3.81. The molecule has 1 aliphatic heterocycles. The lowest BCUT2D eigenvalue weighted by Gasteiger charge is -2.29. The molecule has 1 aromatic carbocycles. The number of hydrogen-bond acceptors (Lipinski definition) is 3. The van der Waals surface area contributed by atoms with Crippen molar-refractivity contribution >= 4 is 40.1 Å². The van der Waals surface area contributed by atoms with Crippen molar-refractivity contribution in [3.63, 3.8) is 0 Å². The Labute approximate surface area is 143 Å². The van der Waals surface area contributed by atoms with Crippen LogP contribution in [0.5, 0.6) is 5.75 Å². The maximum atomic E-state index is 12.8. The van der Waals surface area contributed by atoms with Gasteiger partial charge in [0.2, 0.25) is 0 Å². The summed E-state index contributed by atoms with van der Waals surface area (Å²) in [4.78, 5) is 14.6. The number of ether oxygens (including phenoxy) is 1. The van der Waals surface area contributed by atoms with Gasteiger partial charge in [-0.25, -0.2) is 0 Å². The number of carbonyl (C=O) groups excluding carboxylic acids is 1. The molecule has 1 N–H and O–H groups in total. The summed E-state index contributed by atoms with van der Waals surface area (Å²) in [6, 6.07) is 3.30. The zero-order valence-corrected chi connectivity index (χ0v) is 14.9. The number of benzene rings is 1. The van der Waals surface area contributed by atoms with Crippen LogP contribution in [0.2, 0.25) is 5.02 Å². The van der Waals surface area contributed by atoms with E-state index in [1.54, 1.807) is 24.1 Å². The lowest BCUT2D eigenvalue weighted by molar-refractivity contribution is 0.0596. The lowest BCUT2D eigenvalue weighted by atomic mass is 10.1. The normalized spacial score (nSPS) is 19.2. The quantitative estimate of drug-likeness (QED) is 0.759. The van der Waals surface area contributed by atoms with Crippen LogP contribution in [0.3, 0.4) is 0 Å². The number of aliphatic hydroxyl groups excluding tert-OH is 1. The van der Waals surface area contributed by atoms with Gasteiger partial charge >= 0.3 is 0 Å². The van der Waals surface area contributed by atoms with E-state index >= 15 is 0 Å². The fourth-order valence-corrected chi connectivity index (χ4v) is 3.26. The third-order valence-corrected chi connectivity index (χ3v) is 5.35. The molecule has 0 aliphatic carbocycles. The van der Waals surface area contributed by atoms with Gasteiger partial charge in [0.15, 0.2) is 0 Å². The molecule has 0 bridgehead atoms. The van der Waals surface area contributed by atoms with E-state index in [9.17, 15) is 9.90 Å². The first-order chi connectivity index (χ1) is 10.1. The number of methoxy groups -OCH3 is 1. The summed E-state index contributed by atoms with van der Waals surface area (Å²) < 4.78 is 6.16. The molecule has 0 spiro atoms. The van der Waals surface area contributed by atoms with Gasteiger partial charge in [-0.05, 0) is 47.6 Å². The molecule has 1 saturated heterocycles. The van der Waals surface area contributed by atoms with Crippen molar-refractivity contribution in [3.05, 3.63) is 26.3 Å². The summed E-state index contributed by atoms with van der Waals surface area (Å²) >= 11 is 8.25. The Balaban J connectivity index is 2.35. The van der Waals surface area contributed by atoms with Crippen molar-refractivity contribution in [3.8, 4) is 5.75 Å². The van der Waals surface area contributed by atoms with Crippen LogP contribution in [-0.4, -0.2) is 42.2 Å². The van der Waals surface area contributed by atoms with Crippen LogP contribution >= 0.6 is 34.2 Å². The number of carbonyl (C=O) groups is 1. The molecule has 116 valence electrons. The lowest BCUT2D eigenvalue weighted by Crippen LogP contribution is -2.42. The van der Waals surface area contributed by atoms with Crippen LogP contribution in [0.1, 0.15) is 36.0 Å². The highest BCUT2D eigenvalue weighted by Gasteiger charge is 2.28. The first kappa shape index (κ1) is 16.8. The van der Waals surface area contributed by atoms with Gasteiger partial charge in [0, 0.05) is 10.1 Å². The van der Waals surface area contributed by atoms with E-state index < -0.39 is 0 Å². The monoisotopic (exact) mass is 423 g/mol. The molecule has 0 saturated carbocycles. The summed E-state index contributed by atoms with van der Waals surface area (Å²) in [7, 11) is 1.54. The summed E-state index contributed by atoms with van der Waals surface area (Å²) in [5.74, 6) is 0.404. The van der Waals surface area contributed by atoms with Crippen molar-refractivity contribution in [1.29, 1.82) is 0 Å². The molecule has 0 aromatic heterocycles. The predicted molar refractivity (Wildman–Crippen MR) is 91.1 cm³/mol. The van der Waals surface area contributed by atoms with E-state index in [1.807, 2.05) is 0 Å². The van der Waals surface area contributed by atoms with Gasteiger partial charge in [0.1, 0.15) is 5.75 Å². The number of rotatable bonds is 3. The second-order valence-corrected chi connectivity index (χ2v) is 6.72. The molecular formula is C15H19ClINO3. The molecule has 1 aromatic rings. The van der Waals surface area contributed by atoms with Crippen LogP contribution in [0.4, 0.5) is 0 Å². The Bertz CT molecular complexity index is 524. The van der Waals surface area contributed by atoms with Gasteiger partial charge in [0.05, 0.1) is 30.3 Å². The van der Waals surface area contributed by atoms with Crippen LogP contribution in [0, 0.1) is 3.57 Å². The average molecular weight is 424 g/mol. The Morgan fingerprint density at radius 2 is 2.24 bits per heavy atom. The van der Waals surface area contributed by atoms with E-state index in [4.69, 9.17) is 16.3 Å². The molecule has 1 amide bonds. The highest BCUT2D eigenvalue weighted by atomic mass is 127. The van der Waals surface area contributed by atoms with Gasteiger partial charge < -0.3 is 14.7 Å². The van der Waals surface area contributed by atoms with Gasteiger partial charge in [0.25, 0.3) is 5.91 Å². The summed E-state index contributed by atoms with van der Waals surface area (Å²) in [5, 5.41) is 10.1. The number of halogens is 2. The molecule has 1 heterocycles. The molecule has 6 heteroatoms. The molecule has 2 rings (SSSR count). The van der Waals surface area contributed by atoms with E-state index in [1.165, 1.54) is 0 Å². The predicted octanol–water partition coefficient (Wildman–Crippen LogP) is 3.33. The summed E-state index contributed by atoms with van der Waals surface area (Å²) in [5.41, 5.74) is 0.461. The van der Waals surface area contributed by atoms with Crippen LogP contribution < -0.4 is 4.74 Å². The van der Waals surface area contributed by atoms with E-state index in [0.29, 0.717) is 22.9 Å². The van der Waals surface area contributed by atoms with Crippen molar-refractivity contribution in [2.24, 2.45) is 0 Å². The molecule has 1 aliphatic rings. The van der Waals surface area contributed by atoms with Gasteiger partial charge in [-0.15, -0.1) is 0 Å². The van der Waals surface area contributed by atoms with Crippen molar-refractivity contribution < 1.29 is 14.6 Å². The smallest absolute Gasteiger partial charge is 0.258 e. The molecule has 0 radical (unpaired) electrons. The highest BCUT2D eigenvalue weighted by Crippen LogP contribution is 2.30. The van der Waals surface area contributed by atoms with E-state index in [0.717, 1.165) is 29.3 Å². The second-order valence-electron chi connectivity index (χ2n) is 5.15. The first-order valence-corrected chi connectivity index (χ1v) is 8.49. The SMILES string of the molecule is COc1cc(I)c(Cl)cc1C(=O)N1CCCCCC1CO. The zero-order valence-electron chi connectivity index (χ0n) is 11.9. The minimum Gasteiger partial charge on any atom is -0.496 e. The minimum atomic E-state index is -0.122. The number of amides is 1. The molecule has 4 nitrogen and oxygen atoms in total. The zero-order chi connectivity index (χ0) is 15.4. The average Bonchev–Trinajstić information content (AvgIpc) is 2.73. The molecule has 1 atom stereocenters. The van der Waals surface area contributed by atoms with Crippen molar-refractivity contribution in [2.75, 3.05) is 20.3 Å². The molecule has 1 unspecified atom stereocenters. The second kappa shape index (κ2) is 7.65. The van der Waals surface area contributed by atoms with E-state index in [2.05, 4.69) is 22.6 Å². The fraction of sp³-hybridized carbons (Fsp3) is 0.533. The van der Waals surface area contributed by atoms with Gasteiger partial charge in [-0.3, -0.25) is 4.79 Å². The van der Waals surface area contributed by atoms with Crippen molar-refractivity contribution in [1.82, 2.24) is 4.90 Å². The topological polar surface area (TPSA) is 49.8 Å². The fourth-order valence-electron chi connectivity index (χ4n) is 2.65. The number of nitrogens with zero attached hydrogens (tertiary/aromatic N) is 1. The first-order valence-electron chi connectivity index (χ1n) is 7.03. The highest BCUT2D eigenvalue weighted by molar-refractivity contribution is 14.1. The maximum Gasteiger partial charge on any atom is 0.258 e. The summed E-state index contributed by atoms with van der Waals surface area (Å²) in [6.07, 6.45) is 3.93.